The molecule has 0 spiro atoms. The Bertz CT molecular complexity index is 1510. The Hall–Kier alpha value is -3.23. The summed E-state index contributed by atoms with van der Waals surface area (Å²) in [4.78, 5) is 22.6. The Balaban J connectivity index is 1.42. The van der Waals surface area contributed by atoms with Crippen LogP contribution in [0.15, 0.2) is 58.5 Å². The highest BCUT2D eigenvalue weighted by molar-refractivity contribution is 7.98. The summed E-state index contributed by atoms with van der Waals surface area (Å²) in [5.74, 6) is 1.95. The van der Waals surface area contributed by atoms with Crippen molar-refractivity contribution in [1.82, 2.24) is 24.7 Å². The molecule has 1 N–H and O–H groups in total. The molecule has 3 aromatic heterocycles. The topological polar surface area (TPSA) is 76.5 Å². The highest BCUT2D eigenvalue weighted by Crippen LogP contribution is 2.36. The minimum Gasteiger partial charge on any atom is -0.309 e. The van der Waals surface area contributed by atoms with Crippen molar-refractivity contribution < 1.29 is 0 Å². The van der Waals surface area contributed by atoms with E-state index in [1.807, 2.05) is 30.7 Å². The average Bonchev–Trinajstić information content (AvgIpc) is 3.33. The Morgan fingerprint density at radius 1 is 0.939 bits per heavy atom. The van der Waals surface area contributed by atoms with E-state index in [1.165, 1.54) is 22.9 Å². The summed E-state index contributed by atoms with van der Waals surface area (Å²) in [5.41, 5.74) is 5.33. The number of H-pyrrole nitrogens is 1. The largest absolute Gasteiger partial charge is 0.309 e. The van der Waals surface area contributed by atoms with Crippen LogP contribution in [-0.4, -0.2) is 24.7 Å². The number of thioether (sulfide) groups is 1. The number of nitrogens with one attached hydrogen (secondary N) is 1. The van der Waals surface area contributed by atoms with Crippen LogP contribution in [0.4, 0.5) is 0 Å². The van der Waals surface area contributed by atoms with Crippen LogP contribution in [0.1, 0.15) is 21.8 Å². The molecule has 8 heteroatoms. The molecule has 0 bridgehead atoms. The van der Waals surface area contributed by atoms with Gasteiger partial charge in [-0.15, -0.1) is 21.5 Å². The molecule has 0 amide bonds. The fourth-order valence-electron chi connectivity index (χ4n) is 3.83. The van der Waals surface area contributed by atoms with E-state index in [9.17, 15) is 4.79 Å². The molecule has 0 unspecified atom stereocenters. The standard InChI is InChI=1S/C25H23N5OS2/c1-14-5-9-17(10-6-14)20-16(3)33-24-21(20)23(31)26-19(27-24)13-32-25-29-28-22(30(25)4)18-11-7-15(2)8-12-18/h5-12H,13H2,1-4H3,(H,26,27,31). The monoisotopic (exact) mass is 473 g/mol. The third-order valence-corrected chi connectivity index (χ3v) is 7.64. The van der Waals surface area contributed by atoms with Crippen molar-refractivity contribution in [3.63, 3.8) is 0 Å². The van der Waals surface area contributed by atoms with Crippen LogP contribution in [0.2, 0.25) is 0 Å². The van der Waals surface area contributed by atoms with Crippen molar-refractivity contribution in [3.05, 3.63) is 80.7 Å². The van der Waals surface area contributed by atoms with E-state index in [2.05, 4.69) is 65.4 Å². The van der Waals surface area contributed by atoms with Gasteiger partial charge in [-0.2, -0.15) is 0 Å². The molecule has 5 aromatic rings. The summed E-state index contributed by atoms with van der Waals surface area (Å²) < 4.78 is 1.97. The van der Waals surface area contributed by atoms with E-state index in [0.29, 0.717) is 17.0 Å². The highest BCUT2D eigenvalue weighted by Gasteiger charge is 2.17. The quantitative estimate of drug-likeness (QED) is 0.333. The van der Waals surface area contributed by atoms with Gasteiger partial charge in [-0.3, -0.25) is 4.79 Å². The van der Waals surface area contributed by atoms with Crippen molar-refractivity contribution in [2.24, 2.45) is 7.05 Å². The van der Waals surface area contributed by atoms with Crippen molar-refractivity contribution in [3.8, 4) is 22.5 Å². The maximum absolute atomic E-state index is 13.0. The third kappa shape index (κ3) is 4.12. The zero-order valence-corrected chi connectivity index (χ0v) is 20.5. The SMILES string of the molecule is Cc1ccc(-c2c(C)sc3nc(CSc4nnc(-c5ccc(C)cc5)n4C)[nH]c(=O)c23)cc1. The first-order valence-electron chi connectivity index (χ1n) is 10.6. The fraction of sp³-hybridized carbons (Fsp3) is 0.200. The lowest BCUT2D eigenvalue weighted by atomic mass is 10.0. The number of aromatic nitrogens is 5. The van der Waals surface area contributed by atoms with Gasteiger partial charge < -0.3 is 9.55 Å². The smallest absolute Gasteiger partial charge is 0.260 e. The van der Waals surface area contributed by atoms with Gasteiger partial charge >= 0.3 is 0 Å². The number of benzene rings is 2. The van der Waals surface area contributed by atoms with Gasteiger partial charge in [0, 0.05) is 23.1 Å². The molecule has 0 saturated heterocycles. The van der Waals surface area contributed by atoms with Crippen LogP contribution in [0.25, 0.3) is 32.7 Å². The summed E-state index contributed by atoms with van der Waals surface area (Å²) in [6, 6.07) is 16.5. The van der Waals surface area contributed by atoms with Crippen LogP contribution >= 0.6 is 23.1 Å². The molecule has 0 aliphatic rings. The molecule has 0 atom stereocenters. The molecular formula is C25H23N5OS2. The van der Waals surface area contributed by atoms with Crippen LogP contribution in [0.5, 0.6) is 0 Å². The van der Waals surface area contributed by atoms with Gasteiger partial charge in [0.05, 0.1) is 11.1 Å². The van der Waals surface area contributed by atoms with Crippen molar-refractivity contribution >= 4 is 33.3 Å². The molecule has 5 rings (SSSR count). The summed E-state index contributed by atoms with van der Waals surface area (Å²) in [5, 5.41) is 10.1. The highest BCUT2D eigenvalue weighted by atomic mass is 32.2. The molecule has 33 heavy (non-hydrogen) atoms. The van der Waals surface area contributed by atoms with Crippen LogP contribution < -0.4 is 5.56 Å². The number of hydrogen-bond donors (Lipinski definition) is 1. The molecule has 0 radical (unpaired) electrons. The number of aromatic amines is 1. The predicted molar refractivity (Wildman–Crippen MR) is 136 cm³/mol. The van der Waals surface area contributed by atoms with E-state index in [1.54, 1.807) is 11.3 Å². The lowest BCUT2D eigenvalue weighted by Gasteiger charge is -2.05. The Labute approximate surface area is 199 Å². The van der Waals surface area contributed by atoms with E-state index >= 15 is 0 Å². The van der Waals surface area contributed by atoms with Gasteiger partial charge in [-0.1, -0.05) is 71.4 Å². The van der Waals surface area contributed by atoms with E-state index in [-0.39, 0.29) is 5.56 Å². The number of thiophene rings is 1. The summed E-state index contributed by atoms with van der Waals surface area (Å²) in [6.07, 6.45) is 0. The summed E-state index contributed by atoms with van der Waals surface area (Å²) in [6.45, 7) is 6.16. The van der Waals surface area contributed by atoms with E-state index < -0.39 is 0 Å². The molecular weight excluding hydrogens is 450 g/mol. The maximum Gasteiger partial charge on any atom is 0.260 e. The lowest BCUT2D eigenvalue weighted by molar-refractivity contribution is 0.793. The van der Waals surface area contributed by atoms with Gasteiger partial charge in [0.2, 0.25) is 0 Å². The van der Waals surface area contributed by atoms with Crippen LogP contribution in [-0.2, 0) is 12.8 Å². The predicted octanol–water partition coefficient (Wildman–Crippen LogP) is 5.66. The molecule has 6 nitrogen and oxygen atoms in total. The van der Waals surface area contributed by atoms with Gasteiger partial charge in [-0.05, 0) is 26.3 Å². The molecule has 0 aliphatic carbocycles. The fourth-order valence-corrected chi connectivity index (χ4v) is 5.67. The molecule has 166 valence electrons. The van der Waals surface area contributed by atoms with Crippen LogP contribution in [0.3, 0.4) is 0 Å². The van der Waals surface area contributed by atoms with Gasteiger partial charge in [-0.25, -0.2) is 4.98 Å². The summed E-state index contributed by atoms with van der Waals surface area (Å²) >= 11 is 3.07. The molecule has 0 fully saturated rings. The number of fused-ring (bicyclic) bond motifs is 1. The zero-order valence-electron chi connectivity index (χ0n) is 18.8. The Kier molecular flexibility index (Phi) is 5.64. The van der Waals surface area contributed by atoms with Gasteiger partial charge in [0.15, 0.2) is 11.0 Å². The molecule has 2 aromatic carbocycles. The minimum absolute atomic E-state index is 0.103. The first-order chi connectivity index (χ1) is 15.9. The number of nitrogens with zero attached hydrogens (tertiary/aromatic N) is 4. The van der Waals surface area contributed by atoms with Crippen molar-refractivity contribution in [2.75, 3.05) is 0 Å². The Morgan fingerprint density at radius 2 is 1.58 bits per heavy atom. The first kappa shape index (κ1) is 21.6. The second-order valence-electron chi connectivity index (χ2n) is 8.11. The average molecular weight is 474 g/mol. The van der Waals surface area contributed by atoms with Crippen molar-refractivity contribution in [2.45, 2.75) is 31.7 Å². The Morgan fingerprint density at radius 3 is 2.24 bits per heavy atom. The summed E-state index contributed by atoms with van der Waals surface area (Å²) in [7, 11) is 1.95. The number of rotatable bonds is 5. The van der Waals surface area contributed by atoms with Crippen molar-refractivity contribution in [1.29, 1.82) is 0 Å². The molecule has 0 saturated carbocycles. The number of hydrogen-bond acceptors (Lipinski definition) is 6. The maximum atomic E-state index is 13.0. The second kappa shape index (κ2) is 8.61. The zero-order chi connectivity index (χ0) is 23.1. The van der Waals surface area contributed by atoms with E-state index in [4.69, 9.17) is 4.98 Å². The molecule has 3 heterocycles. The molecule has 0 aliphatic heterocycles. The van der Waals surface area contributed by atoms with E-state index in [0.717, 1.165) is 37.4 Å². The van der Waals surface area contributed by atoms with Crippen LogP contribution in [0, 0.1) is 20.8 Å². The first-order valence-corrected chi connectivity index (χ1v) is 12.4. The third-order valence-electron chi connectivity index (χ3n) is 5.61. The minimum atomic E-state index is -0.103. The second-order valence-corrected chi connectivity index (χ2v) is 10.3. The van der Waals surface area contributed by atoms with Gasteiger partial charge in [0.1, 0.15) is 10.7 Å². The lowest BCUT2D eigenvalue weighted by Crippen LogP contribution is -2.11. The van der Waals surface area contributed by atoms with Gasteiger partial charge in [0.25, 0.3) is 5.56 Å². The normalized spacial score (nSPS) is 11.4. The number of aryl methyl sites for hydroxylation is 3.